The van der Waals surface area contributed by atoms with Crippen molar-refractivity contribution in [1.29, 1.82) is 0 Å². The minimum Gasteiger partial charge on any atom is -0.469 e. The van der Waals surface area contributed by atoms with Crippen LogP contribution in [-0.4, -0.2) is 43.8 Å². The highest BCUT2D eigenvalue weighted by Crippen LogP contribution is 2.57. The first-order chi connectivity index (χ1) is 9.35. The summed E-state index contributed by atoms with van der Waals surface area (Å²) in [5, 5.41) is 2.76. The number of rotatable bonds is 4. The Kier molecular flexibility index (Phi) is 4.07. The SMILES string of the molecule is COC(=O)CCNC(=O)C1(N)C2CCCOC2C1(C)C. The van der Waals surface area contributed by atoms with Gasteiger partial charge in [-0.2, -0.15) is 0 Å². The molecule has 114 valence electrons. The van der Waals surface area contributed by atoms with Gasteiger partial charge in [0.05, 0.1) is 19.6 Å². The predicted octanol–water partition coefficient (Wildman–Crippen LogP) is 0.198. The van der Waals surface area contributed by atoms with Crippen LogP contribution in [0, 0.1) is 11.3 Å². The molecule has 1 saturated carbocycles. The van der Waals surface area contributed by atoms with Crippen molar-refractivity contribution in [2.75, 3.05) is 20.3 Å². The summed E-state index contributed by atoms with van der Waals surface area (Å²) in [5.41, 5.74) is 5.10. The Labute approximate surface area is 119 Å². The predicted molar refractivity (Wildman–Crippen MR) is 72.8 cm³/mol. The van der Waals surface area contributed by atoms with Crippen LogP contribution in [0.15, 0.2) is 0 Å². The van der Waals surface area contributed by atoms with Crippen LogP contribution in [-0.2, 0) is 19.1 Å². The lowest BCUT2D eigenvalue weighted by Crippen LogP contribution is -2.82. The highest BCUT2D eigenvalue weighted by Gasteiger charge is 2.70. The molecule has 0 aromatic rings. The number of nitrogens with one attached hydrogen (secondary N) is 1. The molecule has 0 aromatic carbocycles. The molecule has 1 saturated heterocycles. The fraction of sp³-hybridized carbons (Fsp3) is 0.857. The Hall–Kier alpha value is -1.14. The molecule has 20 heavy (non-hydrogen) atoms. The van der Waals surface area contributed by atoms with Crippen molar-refractivity contribution in [2.45, 2.75) is 44.8 Å². The molecule has 0 spiro atoms. The number of nitrogens with two attached hydrogens (primary N) is 1. The molecule has 1 aliphatic heterocycles. The molecular formula is C14H24N2O4. The van der Waals surface area contributed by atoms with Crippen molar-refractivity contribution < 1.29 is 19.1 Å². The first-order valence-electron chi connectivity index (χ1n) is 7.11. The molecule has 0 aromatic heterocycles. The number of carbonyl (C=O) groups is 2. The highest BCUT2D eigenvalue weighted by atomic mass is 16.5. The van der Waals surface area contributed by atoms with Crippen LogP contribution in [0.25, 0.3) is 0 Å². The summed E-state index contributed by atoms with van der Waals surface area (Å²) in [5.74, 6) is -0.481. The number of amides is 1. The van der Waals surface area contributed by atoms with Gasteiger partial charge in [0.25, 0.3) is 0 Å². The Morgan fingerprint density at radius 3 is 2.80 bits per heavy atom. The van der Waals surface area contributed by atoms with Crippen molar-refractivity contribution >= 4 is 11.9 Å². The molecule has 1 aliphatic carbocycles. The molecule has 3 unspecified atom stereocenters. The first-order valence-corrected chi connectivity index (χ1v) is 7.11. The van der Waals surface area contributed by atoms with Gasteiger partial charge >= 0.3 is 5.97 Å². The average Bonchev–Trinajstić information content (AvgIpc) is 2.45. The zero-order chi connectivity index (χ0) is 15.0. The summed E-state index contributed by atoms with van der Waals surface area (Å²) in [6.45, 7) is 4.93. The second kappa shape index (κ2) is 5.33. The van der Waals surface area contributed by atoms with E-state index in [0.29, 0.717) is 0 Å². The van der Waals surface area contributed by atoms with Crippen LogP contribution < -0.4 is 11.1 Å². The van der Waals surface area contributed by atoms with Gasteiger partial charge in [0, 0.05) is 24.5 Å². The van der Waals surface area contributed by atoms with Crippen molar-refractivity contribution in [1.82, 2.24) is 5.32 Å². The molecule has 0 bridgehead atoms. The second-order valence-electron chi connectivity index (χ2n) is 6.21. The average molecular weight is 284 g/mol. The third-order valence-corrected chi connectivity index (χ3v) is 4.90. The molecule has 1 amide bonds. The Morgan fingerprint density at radius 1 is 1.45 bits per heavy atom. The molecule has 6 heteroatoms. The van der Waals surface area contributed by atoms with E-state index in [0.717, 1.165) is 19.4 Å². The van der Waals surface area contributed by atoms with E-state index in [-0.39, 0.29) is 36.9 Å². The van der Waals surface area contributed by atoms with Crippen LogP contribution in [0.3, 0.4) is 0 Å². The Balaban J connectivity index is 1.98. The van der Waals surface area contributed by atoms with Gasteiger partial charge < -0.3 is 20.5 Å². The van der Waals surface area contributed by atoms with E-state index in [4.69, 9.17) is 10.5 Å². The number of fused-ring (bicyclic) bond motifs is 1. The monoisotopic (exact) mass is 284 g/mol. The fourth-order valence-electron chi connectivity index (χ4n) is 3.56. The maximum absolute atomic E-state index is 12.4. The van der Waals surface area contributed by atoms with Crippen molar-refractivity contribution in [3.05, 3.63) is 0 Å². The summed E-state index contributed by atoms with van der Waals surface area (Å²) < 4.78 is 10.3. The summed E-state index contributed by atoms with van der Waals surface area (Å²) in [6.07, 6.45) is 2.05. The number of carbonyl (C=O) groups excluding carboxylic acids is 2. The van der Waals surface area contributed by atoms with Gasteiger partial charge in [-0.1, -0.05) is 13.8 Å². The van der Waals surface area contributed by atoms with Crippen LogP contribution >= 0.6 is 0 Å². The molecule has 2 fully saturated rings. The Bertz CT molecular complexity index is 410. The third kappa shape index (κ3) is 2.11. The number of methoxy groups -OCH3 is 1. The second-order valence-corrected chi connectivity index (χ2v) is 6.21. The molecule has 2 rings (SSSR count). The van der Waals surface area contributed by atoms with Gasteiger partial charge in [0.2, 0.25) is 5.91 Å². The van der Waals surface area contributed by atoms with E-state index in [2.05, 4.69) is 10.1 Å². The molecule has 6 nitrogen and oxygen atoms in total. The number of esters is 1. The quantitative estimate of drug-likeness (QED) is 0.720. The molecular weight excluding hydrogens is 260 g/mol. The molecule has 3 N–H and O–H groups in total. The van der Waals surface area contributed by atoms with Gasteiger partial charge in [0.15, 0.2) is 0 Å². The zero-order valence-corrected chi connectivity index (χ0v) is 12.4. The summed E-state index contributed by atoms with van der Waals surface area (Å²) in [7, 11) is 1.33. The molecule has 1 heterocycles. The maximum Gasteiger partial charge on any atom is 0.307 e. The third-order valence-electron chi connectivity index (χ3n) is 4.90. The van der Waals surface area contributed by atoms with Gasteiger partial charge in [-0.3, -0.25) is 9.59 Å². The molecule has 0 radical (unpaired) electrons. The smallest absolute Gasteiger partial charge is 0.307 e. The number of hydrogen-bond acceptors (Lipinski definition) is 5. The van der Waals surface area contributed by atoms with Gasteiger partial charge in [0.1, 0.15) is 5.54 Å². The largest absolute Gasteiger partial charge is 0.469 e. The van der Waals surface area contributed by atoms with Crippen LogP contribution in [0.2, 0.25) is 0 Å². The van der Waals surface area contributed by atoms with Crippen molar-refractivity contribution in [3.63, 3.8) is 0 Å². The fourth-order valence-corrected chi connectivity index (χ4v) is 3.56. The lowest BCUT2D eigenvalue weighted by atomic mass is 9.46. The topological polar surface area (TPSA) is 90.7 Å². The van der Waals surface area contributed by atoms with Crippen LogP contribution in [0.5, 0.6) is 0 Å². The van der Waals surface area contributed by atoms with Gasteiger partial charge in [-0.15, -0.1) is 0 Å². The van der Waals surface area contributed by atoms with E-state index in [1.807, 2.05) is 13.8 Å². The van der Waals surface area contributed by atoms with Crippen molar-refractivity contribution in [2.24, 2.45) is 17.1 Å². The molecule has 2 aliphatic rings. The summed E-state index contributed by atoms with van der Waals surface area (Å²) in [6, 6.07) is 0. The van der Waals surface area contributed by atoms with Gasteiger partial charge in [-0.25, -0.2) is 0 Å². The Morgan fingerprint density at radius 2 is 2.15 bits per heavy atom. The highest BCUT2D eigenvalue weighted by molar-refractivity contribution is 5.89. The van der Waals surface area contributed by atoms with E-state index in [1.54, 1.807) is 0 Å². The van der Waals surface area contributed by atoms with E-state index in [1.165, 1.54) is 7.11 Å². The van der Waals surface area contributed by atoms with Crippen molar-refractivity contribution in [3.8, 4) is 0 Å². The molecule has 3 atom stereocenters. The van der Waals surface area contributed by atoms with Gasteiger partial charge in [-0.05, 0) is 12.8 Å². The minimum atomic E-state index is -0.922. The van der Waals surface area contributed by atoms with E-state index in [9.17, 15) is 9.59 Å². The standard InChI is InChI=1S/C14H24N2O4/c1-13(2)11-9(5-4-8-20-11)14(13,15)12(18)16-7-6-10(17)19-3/h9,11H,4-8,15H2,1-3H3,(H,16,18). The lowest BCUT2D eigenvalue weighted by molar-refractivity contribution is -0.225. The lowest BCUT2D eigenvalue weighted by Gasteiger charge is -2.65. The number of ether oxygens (including phenoxy) is 2. The first kappa shape index (κ1) is 15.3. The summed E-state index contributed by atoms with van der Waals surface area (Å²) >= 11 is 0. The van der Waals surface area contributed by atoms with Crippen LogP contribution in [0.4, 0.5) is 0 Å². The maximum atomic E-state index is 12.4. The summed E-state index contributed by atoms with van der Waals surface area (Å²) in [4.78, 5) is 23.5. The zero-order valence-electron chi connectivity index (χ0n) is 12.4. The van der Waals surface area contributed by atoms with E-state index < -0.39 is 11.0 Å². The number of hydrogen-bond donors (Lipinski definition) is 2. The van der Waals surface area contributed by atoms with E-state index >= 15 is 0 Å². The normalized spacial score (nSPS) is 34.6. The van der Waals surface area contributed by atoms with Crippen LogP contribution in [0.1, 0.15) is 33.1 Å². The minimum absolute atomic E-state index is 0.0487.